The van der Waals surface area contributed by atoms with Gasteiger partial charge in [-0.15, -0.1) is 0 Å². The molecule has 0 amide bonds. The largest absolute Gasteiger partial charge is 0.391 e. The van der Waals surface area contributed by atoms with E-state index in [9.17, 15) is 13.2 Å². The molecule has 0 saturated heterocycles. The average Bonchev–Trinajstić information content (AvgIpc) is 2.26. The number of nitrogens with one attached hydrogen (secondary N) is 1. The van der Waals surface area contributed by atoms with Gasteiger partial charge < -0.3 is 5.32 Å². The molecule has 0 radical (unpaired) electrons. The number of rotatable bonds is 5. The Morgan fingerprint density at radius 1 is 1.29 bits per heavy atom. The van der Waals surface area contributed by atoms with Gasteiger partial charge in [0, 0.05) is 6.04 Å². The summed E-state index contributed by atoms with van der Waals surface area (Å²) in [6.45, 7) is 5.14. The van der Waals surface area contributed by atoms with E-state index in [1.54, 1.807) is 0 Å². The Labute approximate surface area is 102 Å². The van der Waals surface area contributed by atoms with E-state index in [4.69, 9.17) is 0 Å². The van der Waals surface area contributed by atoms with E-state index in [0.29, 0.717) is 18.8 Å². The van der Waals surface area contributed by atoms with Crippen LogP contribution in [-0.4, -0.2) is 18.8 Å². The fourth-order valence-corrected chi connectivity index (χ4v) is 2.64. The predicted molar refractivity (Wildman–Crippen MR) is 63.9 cm³/mol. The summed E-state index contributed by atoms with van der Waals surface area (Å²) in [5, 5.41) is 3.31. The molecule has 1 aliphatic carbocycles. The molecule has 1 saturated carbocycles. The highest BCUT2D eigenvalue weighted by atomic mass is 19.4. The van der Waals surface area contributed by atoms with Crippen molar-refractivity contribution in [2.75, 3.05) is 6.54 Å². The Kier molecular flexibility index (Phi) is 5.77. The van der Waals surface area contributed by atoms with Crippen LogP contribution in [0.3, 0.4) is 0 Å². The SMILES string of the molecule is CCCC(C)CNC1CCCC(C(F)(F)F)C1. The zero-order valence-corrected chi connectivity index (χ0v) is 10.8. The molecule has 1 fully saturated rings. The molecule has 4 heteroatoms. The zero-order valence-electron chi connectivity index (χ0n) is 10.8. The third kappa shape index (κ3) is 5.28. The first-order valence-electron chi connectivity index (χ1n) is 6.73. The molecule has 0 spiro atoms. The lowest BCUT2D eigenvalue weighted by Crippen LogP contribution is -2.40. The van der Waals surface area contributed by atoms with Gasteiger partial charge in [-0.05, 0) is 38.1 Å². The van der Waals surface area contributed by atoms with Crippen molar-refractivity contribution in [2.24, 2.45) is 11.8 Å². The Balaban J connectivity index is 2.30. The molecule has 0 aromatic heterocycles. The first-order valence-corrected chi connectivity index (χ1v) is 6.73. The van der Waals surface area contributed by atoms with Crippen molar-refractivity contribution in [3.05, 3.63) is 0 Å². The number of alkyl halides is 3. The normalized spacial score (nSPS) is 28.1. The topological polar surface area (TPSA) is 12.0 Å². The lowest BCUT2D eigenvalue weighted by atomic mass is 9.85. The molecule has 17 heavy (non-hydrogen) atoms. The molecule has 0 heterocycles. The standard InChI is InChI=1S/C13H24F3N/c1-3-5-10(2)9-17-12-7-4-6-11(8-12)13(14,15)16/h10-12,17H,3-9H2,1-2H3. The summed E-state index contributed by atoms with van der Waals surface area (Å²) in [4.78, 5) is 0. The van der Waals surface area contributed by atoms with Crippen LogP contribution in [0.15, 0.2) is 0 Å². The van der Waals surface area contributed by atoms with Crippen molar-refractivity contribution >= 4 is 0 Å². The molecule has 1 N–H and O–H groups in total. The van der Waals surface area contributed by atoms with Crippen LogP contribution in [0.2, 0.25) is 0 Å². The molecule has 1 rings (SSSR count). The van der Waals surface area contributed by atoms with Gasteiger partial charge in [0.25, 0.3) is 0 Å². The maximum atomic E-state index is 12.6. The lowest BCUT2D eigenvalue weighted by Gasteiger charge is -2.31. The van der Waals surface area contributed by atoms with Crippen molar-refractivity contribution in [1.29, 1.82) is 0 Å². The van der Waals surface area contributed by atoms with Crippen molar-refractivity contribution < 1.29 is 13.2 Å². The van der Waals surface area contributed by atoms with Gasteiger partial charge in [0.15, 0.2) is 0 Å². The highest BCUT2D eigenvalue weighted by molar-refractivity contribution is 4.82. The van der Waals surface area contributed by atoms with Crippen LogP contribution in [0.4, 0.5) is 13.2 Å². The minimum atomic E-state index is -4.00. The highest BCUT2D eigenvalue weighted by Crippen LogP contribution is 2.37. The second-order valence-electron chi connectivity index (χ2n) is 5.40. The van der Waals surface area contributed by atoms with Crippen molar-refractivity contribution in [3.8, 4) is 0 Å². The third-order valence-electron chi connectivity index (χ3n) is 3.67. The molecule has 0 bridgehead atoms. The van der Waals surface area contributed by atoms with Gasteiger partial charge in [-0.3, -0.25) is 0 Å². The van der Waals surface area contributed by atoms with Crippen LogP contribution in [0.25, 0.3) is 0 Å². The summed E-state index contributed by atoms with van der Waals surface area (Å²) >= 11 is 0. The average molecular weight is 251 g/mol. The molecular formula is C13H24F3N. The minimum absolute atomic E-state index is 0.0645. The van der Waals surface area contributed by atoms with Gasteiger partial charge in [0.05, 0.1) is 5.92 Å². The summed E-state index contributed by atoms with van der Waals surface area (Å²) in [6, 6.07) is 0.0645. The second kappa shape index (κ2) is 6.62. The molecule has 102 valence electrons. The maximum absolute atomic E-state index is 12.6. The minimum Gasteiger partial charge on any atom is -0.314 e. The van der Waals surface area contributed by atoms with Gasteiger partial charge in [-0.25, -0.2) is 0 Å². The van der Waals surface area contributed by atoms with E-state index >= 15 is 0 Å². The monoisotopic (exact) mass is 251 g/mol. The Bertz CT molecular complexity index is 215. The third-order valence-corrected chi connectivity index (χ3v) is 3.67. The van der Waals surface area contributed by atoms with E-state index in [1.807, 2.05) is 0 Å². The fourth-order valence-electron chi connectivity index (χ4n) is 2.64. The molecule has 3 atom stereocenters. The Hall–Kier alpha value is -0.250. The fraction of sp³-hybridized carbons (Fsp3) is 1.00. The zero-order chi connectivity index (χ0) is 12.9. The summed E-state index contributed by atoms with van der Waals surface area (Å²) < 4.78 is 37.8. The van der Waals surface area contributed by atoms with Gasteiger partial charge >= 0.3 is 6.18 Å². The van der Waals surface area contributed by atoms with Gasteiger partial charge in [-0.2, -0.15) is 13.2 Å². The second-order valence-corrected chi connectivity index (χ2v) is 5.40. The molecule has 1 nitrogen and oxygen atoms in total. The van der Waals surface area contributed by atoms with Gasteiger partial charge in [0.2, 0.25) is 0 Å². The van der Waals surface area contributed by atoms with Crippen LogP contribution >= 0.6 is 0 Å². The predicted octanol–water partition coefficient (Wildman–Crippen LogP) is 4.13. The van der Waals surface area contributed by atoms with E-state index in [1.165, 1.54) is 0 Å². The van der Waals surface area contributed by atoms with Crippen LogP contribution in [-0.2, 0) is 0 Å². The molecule has 0 aromatic carbocycles. The molecule has 1 aliphatic rings. The van der Waals surface area contributed by atoms with E-state index in [0.717, 1.165) is 25.8 Å². The molecular weight excluding hydrogens is 227 g/mol. The van der Waals surface area contributed by atoms with E-state index < -0.39 is 12.1 Å². The van der Waals surface area contributed by atoms with Crippen molar-refractivity contribution in [2.45, 2.75) is 64.6 Å². The maximum Gasteiger partial charge on any atom is 0.391 e. The molecule has 0 aromatic rings. The number of hydrogen-bond acceptors (Lipinski definition) is 1. The van der Waals surface area contributed by atoms with Crippen LogP contribution in [0.5, 0.6) is 0 Å². The summed E-state index contributed by atoms with van der Waals surface area (Å²) in [5.74, 6) is -0.526. The quantitative estimate of drug-likeness (QED) is 0.774. The highest BCUT2D eigenvalue weighted by Gasteiger charge is 2.41. The Morgan fingerprint density at radius 3 is 2.59 bits per heavy atom. The van der Waals surface area contributed by atoms with E-state index in [-0.39, 0.29) is 12.5 Å². The first kappa shape index (κ1) is 14.8. The Morgan fingerprint density at radius 2 is 2.00 bits per heavy atom. The summed E-state index contributed by atoms with van der Waals surface area (Å²) in [6.07, 6.45) is 0.445. The van der Waals surface area contributed by atoms with Gasteiger partial charge in [-0.1, -0.05) is 26.7 Å². The number of halogens is 3. The van der Waals surface area contributed by atoms with Crippen molar-refractivity contribution in [3.63, 3.8) is 0 Å². The molecule has 3 unspecified atom stereocenters. The van der Waals surface area contributed by atoms with Gasteiger partial charge in [0.1, 0.15) is 0 Å². The number of hydrogen-bond donors (Lipinski definition) is 1. The molecule has 0 aliphatic heterocycles. The smallest absolute Gasteiger partial charge is 0.314 e. The van der Waals surface area contributed by atoms with Crippen LogP contribution in [0.1, 0.15) is 52.4 Å². The van der Waals surface area contributed by atoms with Crippen LogP contribution in [0, 0.1) is 11.8 Å². The first-order chi connectivity index (χ1) is 7.93. The van der Waals surface area contributed by atoms with Crippen molar-refractivity contribution in [1.82, 2.24) is 5.32 Å². The van der Waals surface area contributed by atoms with E-state index in [2.05, 4.69) is 19.2 Å². The summed E-state index contributed by atoms with van der Waals surface area (Å²) in [7, 11) is 0. The lowest BCUT2D eigenvalue weighted by molar-refractivity contribution is -0.183. The summed E-state index contributed by atoms with van der Waals surface area (Å²) in [5.41, 5.74) is 0. The van der Waals surface area contributed by atoms with Crippen LogP contribution < -0.4 is 5.32 Å².